The van der Waals surface area contributed by atoms with Crippen molar-refractivity contribution in [1.82, 2.24) is 4.90 Å². The average molecular weight is 433 g/mol. The van der Waals surface area contributed by atoms with Crippen LogP contribution in [-0.4, -0.2) is 48.3 Å². The van der Waals surface area contributed by atoms with Crippen molar-refractivity contribution in [2.45, 2.75) is 38.4 Å². The van der Waals surface area contributed by atoms with Crippen LogP contribution >= 0.6 is 24.0 Å². The molecule has 23 heavy (non-hydrogen) atoms. The summed E-state index contributed by atoms with van der Waals surface area (Å²) < 4.78 is 5.51. The molecule has 1 fully saturated rings. The maximum Gasteiger partial charge on any atom is 0.191 e. The zero-order valence-electron chi connectivity index (χ0n) is 13.6. The van der Waals surface area contributed by atoms with Crippen molar-refractivity contribution in [2.24, 2.45) is 10.7 Å². The zero-order chi connectivity index (χ0) is 15.6. The van der Waals surface area contributed by atoms with Gasteiger partial charge in [0.05, 0.1) is 25.9 Å². The standard InChI is InChI=1S/C17H27N3O2.HI/c18-17(20-10-6-1-2-7-11-20)19-12-16(21)14-22-13-15-8-4-3-5-9-15;/h3-5,8-9,16,21H,1-2,6-7,10-14H2,(H2,18,19);1H. The number of aliphatic hydroxyl groups excluding tert-OH is 1. The van der Waals surface area contributed by atoms with Gasteiger partial charge in [0, 0.05) is 13.1 Å². The van der Waals surface area contributed by atoms with Gasteiger partial charge in [0.15, 0.2) is 5.96 Å². The van der Waals surface area contributed by atoms with E-state index in [1.165, 1.54) is 25.7 Å². The predicted molar refractivity (Wildman–Crippen MR) is 104 cm³/mol. The first-order valence-electron chi connectivity index (χ1n) is 8.10. The zero-order valence-corrected chi connectivity index (χ0v) is 15.9. The molecular weight excluding hydrogens is 405 g/mol. The molecule has 0 saturated carbocycles. The number of likely N-dealkylation sites (tertiary alicyclic amines) is 1. The number of ether oxygens (including phenoxy) is 1. The number of benzene rings is 1. The lowest BCUT2D eigenvalue weighted by molar-refractivity contribution is 0.0330. The van der Waals surface area contributed by atoms with Crippen molar-refractivity contribution in [2.75, 3.05) is 26.2 Å². The maximum absolute atomic E-state index is 9.92. The lowest BCUT2D eigenvalue weighted by Crippen LogP contribution is -2.38. The molecule has 1 aliphatic heterocycles. The monoisotopic (exact) mass is 433 g/mol. The Bertz CT molecular complexity index is 448. The molecular formula is C17H28IN3O2. The summed E-state index contributed by atoms with van der Waals surface area (Å²) in [6.45, 7) is 3.00. The number of hydrogen-bond donors (Lipinski definition) is 2. The van der Waals surface area contributed by atoms with E-state index in [4.69, 9.17) is 10.5 Å². The van der Waals surface area contributed by atoms with Gasteiger partial charge in [-0.05, 0) is 18.4 Å². The molecule has 5 nitrogen and oxygen atoms in total. The fraction of sp³-hybridized carbons (Fsp3) is 0.588. The van der Waals surface area contributed by atoms with Gasteiger partial charge in [-0.15, -0.1) is 24.0 Å². The number of rotatable bonds is 6. The van der Waals surface area contributed by atoms with Gasteiger partial charge < -0.3 is 20.5 Å². The highest BCUT2D eigenvalue weighted by Gasteiger charge is 2.11. The van der Waals surface area contributed by atoms with Crippen molar-refractivity contribution in [1.29, 1.82) is 0 Å². The summed E-state index contributed by atoms with van der Waals surface area (Å²) in [7, 11) is 0. The van der Waals surface area contributed by atoms with E-state index in [2.05, 4.69) is 9.89 Å². The smallest absolute Gasteiger partial charge is 0.191 e. The summed E-state index contributed by atoms with van der Waals surface area (Å²) in [4.78, 5) is 6.42. The number of halogens is 1. The molecule has 3 N–H and O–H groups in total. The summed E-state index contributed by atoms with van der Waals surface area (Å²) in [6, 6.07) is 9.92. The maximum atomic E-state index is 9.92. The number of nitrogens with two attached hydrogens (primary N) is 1. The number of guanidine groups is 1. The molecule has 6 heteroatoms. The van der Waals surface area contributed by atoms with Crippen LogP contribution in [0.15, 0.2) is 35.3 Å². The van der Waals surface area contributed by atoms with Crippen LogP contribution in [0.5, 0.6) is 0 Å². The van der Waals surface area contributed by atoms with Gasteiger partial charge in [-0.1, -0.05) is 43.2 Å². The normalized spacial score (nSPS) is 17.3. The highest BCUT2D eigenvalue weighted by atomic mass is 127. The van der Waals surface area contributed by atoms with E-state index in [9.17, 15) is 5.11 Å². The van der Waals surface area contributed by atoms with Crippen LogP contribution in [0.25, 0.3) is 0 Å². The quantitative estimate of drug-likeness (QED) is 0.411. The van der Waals surface area contributed by atoms with Crippen molar-refractivity contribution in [3.8, 4) is 0 Å². The van der Waals surface area contributed by atoms with E-state index in [0.717, 1.165) is 18.7 Å². The van der Waals surface area contributed by atoms with E-state index in [1.807, 2.05) is 30.3 Å². The van der Waals surface area contributed by atoms with Crippen LogP contribution in [0.4, 0.5) is 0 Å². The SMILES string of the molecule is I.NC(=NCC(O)COCc1ccccc1)N1CCCCCC1. The Balaban J connectivity index is 0.00000264. The average Bonchev–Trinajstić information content (AvgIpc) is 2.83. The van der Waals surface area contributed by atoms with Crippen molar-refractivity contribution in [3.05, 3.63) is 35.9 Å². The second kappa shape index (κ2) is 11.6. The van der Waals surface area contributed by atoms with Gasteiger partial charge >= 0.3 is 0 Å². The Hall–Kier alpha value is -0.860. The van der Waals surface area contributed by atoms with Crippen LogP contribution in [0, 0.1) is 0 Å². The first kappa shape index (κ1) is 20.2. The van der Waals surface area contributed by atoms with E-state index >= 15 is 0 Å². The van der Waals surface area contributed by atoms with Crippen LogP contribution in [0.3, 0.4) is 0 Å². The highest BCUT2D eigenvalue weighted by Crippen LogP contribution is 2.09. The van der Waals surface area contributed by atoms with E-state index in [1.54, 1.807) is 0 Å². The number of aliphatic imine (C=N–C) groups is 1. The molecule has 1 saturated heterocycles. The van der Waals surface area contributed by atoms with Crippen molar-refractivity contribution >= 4 is 29.9 Å². The number of aliphatic hydroxyl groups is 1. The van der Waals surface area contributed by atoms with Gasteiger partial charge in [0.1, 0.15) is 0 Å². The van der Waals surface area contributed by atoms with E-state index < -0.39 is 6.10 Å². The third-order valence-electron chi connectivity index (χ3n) is 3.82. The molecule has 1 unspecified atom stereocenters. The molecule has 2 rings (SSSR count). The number of hydrogen-bond acceptors (Lipinski definition) is 3. The molecule has 1 atom stereocenters. The third-order valence-corrected chi connectivity index (χ3v) is 3.82. The molecule has 0 spiro atoms. The Morgan fingerprint density at radius 3 is 2.48 bits per heavy atom. The van der Waals surface area contributed by atoms with Gasteiger partial charge in [0.25, 0.3) is 0 Å². The van der Waals surface area contributed by atoms with Crippen LogP contribution < -0.4 is 5.73 Å². The summed E-state index contributed by atoms with van der Waals surface area (Å²) >= 11 is 0. The van der Waals surface area contributed by atoms with Crippen LogP contribution in [0.1, 0.15) is 31.2 Å². The van der Waals surface area contributed by atoms with Crippen LogP contribution in [-0.2, 0) is 11.3 Å². The number of nitrogens with zero attached hydrogens (tertiary/aromatic N) is 2. The Morgan fingerprint density at radius 2 is 1.83 bits per heavy atom. The minimum Gasteiger partial charge on any atom is -0.389 e. The molecule has 1 heterocycles. The Kier molecular flexibility index (Phi) is 10.2. The van der Waals surface area contributed by atoms with Gasteiger partial charge in [-0.2, -0.15) is 0 Å². The summed E-state index contributed by atoms with van der Waals surface area (Å²) in [5.41, 5.74) is 7.11. The fourth-order valence-electron chi connectivity index (χ4n) is 2.54. The Morgan fingerprint density at radius 1 is 1.17 bits per heavy atom. The van der Waals surface area contributed by atoms with Gasteiger partial charge in [-0.25, -0.2) is 0 Å². The van der Waals surface area contributed by atoms with Crippen molar-refractivity contribution < 1.29 is 9.84 Å². The first-order chi connectivity index (χ1) is 10.8. The lowest BCUT2D eigenvalue weighted by atomic mass is 10.2. The molecule has 1 aromatic rings. The molecule has 130 valence electrons. The van der Waals surface area contributed by atoms with E-state index in [0.29, 0.717) is 12.6 Å². The molecule has 1 aliphatic rings. The lowest BCUT2D eigenvalue weighted by Gasteiger charge is -2.21. The largest absolute Gasteiger partial charge is 0.389 e. The topological polar surface area (TPSA) is 71.1 Å². The summed E-state index contributed by atoms with van der Waals surface area (Å²) in [6.07, 6.45) is 4.24. The molecule has 0 radical (unpaired) electrons. The molecule has 0 bridgehead atoms. The predicted octanol–water partition coefficient (Wildman–Crippen LogP) is 2.37. The summed E-state index contributed by atoms with van der Waals surface area (Å²) in [5, 5.41) is 9.92. The molecule has 0 amide bonds. The third kappa shape index (κ3) is 7.99. The second-order valence-corrected chi connectivity index (χ2v) is 5.75. The first-order valence-corrected chi connectivity index (χ1v) is 8.10. The van der Waals surface area contributed by atoms with Crippen molar-refractivity contribution in [3.63, 3.8) is 0 Å². The van der Waals surface area contributed by atoms with Gasteiger partial charge in [-0.3, -0.25) is 4.99 Å². The minimum atomic E-state index is -0.616. The Labute approximate surface area is 155 Å². The molecule has 0 aromatic heterocycles. The fourth-order valence-corrected chi connectivity index (χ4v) is 2.54. The minimum absolute atomic E-state index is 0. The van der Waals surface area contributed by atoms with Gasteiger partial charge in [0.2, 0.25) is 0 Å². The molecule has 0 aliphatic carbocycles. The van der Waals surface area contributed by atoms with E-state index in [-0.39, 0.29) is 37.1 Å². The van der Waals surface area contributed by atoms with Crippen LogP contribution in [0.2, 0.25) is 0 Å². The second-order valence-electron chi connectivity index (χ2n) is 5.75. The molecule has 1 aromatic carbocycles. The highest BCUT2D eigenvalue weighted by molar-refractivity contribution is 14.0. The summed E-state index contributed by atoms with van der Waals surface area (Å²) in [5.74, 6) is 0.545.